The molecule has 3 heterocycles. The molecule has 4 rings (SSSR count). The minimum Gasteiger partial charge on any atom is -0.435 e. The van der Waals surface area contributed by atoms with Crippen molar-refractivity contribution in [1.82, 2.24) is 20.4 Å². The Kier molecular flexibility index (Phi) is 7.37. The lowest BCUT2D eigenvalue weighted by atomic mass is 10.1. The number of aromatic nitrogens is 4. The third kappa shape index (κ3) is 5.88. The van der Waals surface area contributed by atoms with E-state index in [9.17, 15) is 18.0 Å². The smallest absolute Gasteiger partial charge is 0.387 e. The molecule has 2 atom stereocenters. The third-order valence-corrected chi connectivity index (χ3v) is 5.74. The van der Waals surface area contributed by atoms with Crippen molar-refractivity contribution in [3.8, 4) is 5.75 Å². The van der Waals surface area contributed by atoms with Gasteiger partial charge in [0.05, 0.1) is 0 Å². The molecule has 1 fully saturated rings. The minimum absolute atomic E-state index is 0.0488. The summed E-state index contributed by atoms with van der Waals surface area (Å²) in [6.45, 7) is -1.65. The van der Waals surface area contributed by atoms with Crippen molar-refractivity contribution in [1.29, 1.82) is 0 Å². The lowest BCUT2D eigenvalue weighted by Crippen LogP contribution is -2.26. The fourth-order valence-electron chi connectivity index (χ4n) is 3.49. The van der Waals surface area contributed by atoms with Crippen LogP contribution in [0.1, 0.15) is 18.1 Å². The molecule has 0 unspecified atom stereocenters. The van der Waals surface area contributed by atoms with E-state index in [-0.39, 0.29) is 16.9 Å². The first-order valence-electron chi connectivity index (χ1n) is 10.1. The van der Waals surface area contributed by atoms with Crippen LogP contribution in [-0.2, 0) is 9.53 Å². The Hall–Kier alpha value is -3.52. The van der Waals surface area contributed by atoms with E-state index in [1.807, 2.05) is 4.90 Å². The standard InChI is InChI=1S/C20H20F3N7O3S/c1-32-16(11-3-2-4-13(9-11)33-18(22)23)17(31)25-20-29-28-19(34-20)24-12-7-8-30(10-12)15-6-5-14(21)26-27-15/h2-6,9,12,16,18H,7-8,10H2,1H3,(H,24,28)(H,25,29,31)/t12-,16+/m1/s1. The van der Waals surface area contributed by atoms with Crippen LogP contribution >= 0.6 is 11.3 Å². The highest BCUT2D eigenvalue weighted by Crippen LogP contribution is 2.27. The lowest BCUT2D eigenvalue weighted by Gasteiger charge is -2.16. The highest BCUT2D eigenvalue weighted by atomic mass is 32.1. The van der Waals surface area contributed by atoms with E-state index in [1.165, 1.54) is 31.4 Å². The third-order valence-electron chi connectivity index (χ3n) is 4.97. The molecule has 34 heavy (non-hydrogen) atoms. The van der Waals surface area contributed by atoms with Crippen LogP contribution in [0.25, 0.3) is 0 Å². The molecular weight excluding hydrogens is 475 g/mol. The zero-order valence-corrected chi connectivity index (χ0v) is 18.6. The Bertz CT molecular complexity index is 1120. The van der Waals surface area contributed by atoms with Gasteiger partial charge in [0.1, 0.15) is 5.75 Å². The highest BCUT2D eigenvalue weighted by Gasteiger charge is 2.26. The molecule has 0 bridgehead atoms. The predicted octanol–water partition coefficient (Wildman–Crippen LogP) is 3.09. The van der Waals surface area contributed by atoms with Gasteiger partial charge in [0.15, 0.2) is 11.9 Å². The number of halogens is 3. The quantitative estimate of drug-likeness (QED) is 0.462. The molecule has 2 aromatic heterocycles. The molecule has 1 aliphatic rings. The number of rotatable bonds is 9. The zero-order valence-electron chi connectivity index (χ0n) is 17.8. The Balaban J connectivity index is 1.34. The van der Waals surface area contributed by atoms with Crippen LogP contribution in [0.5, 0.6) is 5.75 Å². The van der Waals surface area contributed by atoms with Crippen molar-refractivity contribution in [3.63, 3.8) is 0 Å². The maximum Gasteiger partial charge on any atom is 0.387 e. The number of amides is 1. The van der Waals surface area contributed by atoms with Gasteiger partial charge in [-0.3, -0.25) is 10.1 Å². The largest absolute Gasteiger partial charge is 0.435 e. The molecule has 180 valence electrons. The molecule has 0 saturated carbocycles. The van der Waals surface area contributed by atoms with Crippen LogP contribution in [0.2, 0.25) is 0 Å². The topological polar surface area (TPSA) is 114 Å². The van der Waals surface area contributed by atoms with Crippen LogP contribution in [0.3, 0.4) is 0 Å². The number of carbonyl (C=O) groups is 1. The van der Waals surface area contributed by atoms with Crippen molar-refractivity contribution in [2.24, 2.45) is 0 Å². The molecule has 1 amide bonds. The number of hydrogen-bond donors (Lipinski definition) is 2. The molecule has 1 saturated heterocycles. The fraction of sp³-hybridized carbons (Fsp3) is 0.350. The molecule has 1 aromatic carbocycles. The first-order chi connectivity index (χ1) is 16.4. The molecular formula is C20H20F3N7O3S. The summed E-state index contributed by atoms with van der Waals surface area (Å²) in [6, 6.07) is 8.61. The number of hydrogen-bond acceptors (Lipinski definition) is 10. The predicted molar refractivity (Wildman–Crippen MR) is 118 cm³/mol. The van der Waals surface area contributed by atoms with Crippen LogP contribution in [0, 0.1) is 5.95 Å². The normalized spacial score (nSPS) is 16.5. The summed E-state index contributed by atoms with van der Waals surface area (Å²) in [5, 5.41) is 21.9. The summed E-state index contributed by atoms with van der Waals surface area (Å²) in [5.41, 5.74) is 0.343. The van der Waals surface area contributed by atoms with E-state index < -0.39 is 24.6 Å². The number of anilines is 3. The second-order valence-corrected chi connectivity index (χ2v) is 8.24. The van der Waals surface area contributed by atoms with E-state index in [2.05, 4.69) is 35.8 Å². The van der Waals surface area contributed by atoms with Gasteiger partial charge in [-0.05, 0) is 36.2 Å². The maximum absolute atomic E-state index is 13.0. The van der Waals surface area contributed by atoms with E-state index in [0.717, 1.165) is 17.8 Å². The van der Waals surface area contributed by atoms with Crippen molar-refractivity contribution in [2.45, 2.75) is 25.2 Å². The van der Waals surface area contributed by atoms with E-state index in [0.29, 0.717) is 29.6 Å². The number of methoxy groups -OCH3 is 1. The van der Waals surface area contributed by atoms with E-state index >= 15 is 0 Å². The molecule has 2 N–H and O–H groups in total. The van der Waals surface area contributed by atoms with Crippen LogP contribution in [0.4, 0.5) is 29.3 Å². The second kappa shape index (κ2) is 10.6. The Morgan fingerprint density at radius 1 is 1.18 bits per heavy atom. The maximum atomic E-state index is 13.0. The molecule has 0 aliphatic carbocycles. The summed E-state index contributed by atoms with van der Waals surface area (Å²) < 4.78 is 47.6. The summed E-state index contributed by atoms with van der Waals surface area (Å²) in [4.78, 5) is 14.7. The van der Waals surface area contributed by atoms with Gasteiger partial charge in [0.25, 0.3) is 5.91 Å². The monoisotopic (exact) mass is 495 g/mol. The summed E-state index contributed by atoms with van der Waals surface area (Å²) >= 11 is 1.14. The first-order valence-corrected chi connectivity index (χ1v) is 11.0. The number of nitrogens with zero attached hydrogens (tertiary/aromatic N) is 5. The van der Waals surface area contributed by atoms with Gasteiger partial charge in [-0.2, -0.15) is 13.2 Å². The van der Waals surface area contributed by atoms with Gasteiger partial charge in [-0.15, -0.1) is 20.4 Å². The first kappa shape index (κ1) is 23.6. The molecule has 14 heteroatoms. The average Bonchev–Trinajstić information content (AvgIpc) is 3.44. The van der Waals surface area contributed by atoms with Crippen LogP contribution in [-0.4, -0.2) is 59.2 Å². The summed E-state index contributed by atoms with van der Waals surface area (Å²) in [5.74, 6) is -0.668. The van der Waals surface area contributed by atoms with Crippen LogP contribution < -0.4 is 20.3 Å². The molecule has 1 aliphatic heterocycles. The Labute approximate surface area is 196 Å². The minimum atomic E-state index is -2.98. The average molecular weight is 495 g/mol. The molecule has 0 radical (unpaired) electrons. The number of nitrogens with one attached hydrogen (secondary N) is 2. The Morgan fingerprint density at radius 2 is 2.00 bits per heavy atom. The van der Waals surface area contributed by atoms with Gasteiger partial charge in [0, 0.05) is 26.2 Å². The van der Waals surface area contributed by atoms with Crippen molar-refractivity contribution < 1.29 is 27.4 Å². The van der Waals surface area contributed by atoms with Crippen LogP contribution in [0.15, 0.2) is 36.4 Å². The lowest BCUT2D eigenvalue weighted by molar-refractivity contribution is -0.126. The van der Waals surface area contributed by atoms with Gasteiger partial charge >= 0.3 is 6.61 Å². The Morgan fingerprint density at radius 3 is 2.74 bits per heavy atom. The fourth-order valence-corrected chi connectivity index (χ4v) is 4.21. The summed E-state index contributed by atoms with van der Waals surface area (Å²) in [6.07, 6.45) is -0.273. The molecule has 10 nitrogen and oxygen atoms in total. The number of carbonyl (C=O) groups excluding carboxylic acids is 1. The van der Waals surface area contributed by atoms with E-state index in [4.69, 9.17) is 4.74 Å². The van der Waals surface area contributed by atoms with Crippen molar-refractivity contribution in [3.05, 3.63) is 47.9 Å². The van der Waals surface area contributed by atoms with Gasteiger partial charge in [-0.25, -0.2) is 0 Å². The second-order valence-electron chi connectivity index (χ2n) is 7.26. The molecule has 0 spiro atoms. The van der Waals surface area contributed by atoms with Gasteiger partial charge in [-0.1, -0.05) is 23.5 Å². The zero-order chi connectivity index (χ0) is 24.1. The van der Waals surface area contributed by atoms with Crippen molar-refractivity contribution >= 4 is 33.3 Å². The molecule has 3 aromatic rings. The number of ether oxygens (including phenoxy) is 2. The van der Waals surface area contributed by atoms with Gasteiger partial charge in [0.2, 0.25) is 16.2 Å². The van der Waals surface area contributed by atoms with E-state index in [1.54, 1.807) is 12.1 Å². The highest BCUT2D eigenvalue weighted by molar-refractivity contribution is 7.19. The summed E-state index contributed by atoms with van der Waals surface area (Å²) in [7, 11) is 1.33. The van der Waals surface area contributed by atoms with Crippen molar-refractivity contribution in [2.75, 3.05) is 35.7 Å². The van der Waals surface area contributed by atoms with Gasteiger partial charge < -0.3 is 19.7 Å². The number of benzene rings is 1. The SMILES string of the molecule is CO[C@H](C(=O)Nc1nnc(N[C@@H]2CCN(c3ccc(F)nn3)C2)s1)c1cccc(OC(F)F)c1. The number of alkyl halides is 2.